The molecule has 2 amide bonds. The Kier molecular flexibility index (Phi) is 5.66. The van der Waals surface area contributed by atoms with Crippen molar-refractivity contribution >= 4 is 28.8 Å². The number of ether oxygens (including phenoxy) is 1. The molecule has 1 N–H and O–H groups in total. The number of hydrogen-bond donors (Lipinski definition) is 1. The van der Waals surface area contributed by atoms with Crippen molar-refractivity contribution in [1.29, 1.82) is 0 Å². The molecule has 1 aliphatic heterocycles. The largest absolute Gasteiger partial charge is 0.479 e. The van der Waals surface area contributed by atoms with Crippen molar-refractivity contribution in [3.05, 3.63) is 78.1 Å². The molecular weight excluding hydrogens is 438 g/mol. The lowest BCUT2D eigenvalue weighted by Gasteiger charge is -2.32. The van der Waals surface area contributed by atoms with E-state index in [1.54, 1.807) is 36.7 Å². The van der Waals surface area contributed by atoms with Gasteiger partial charge in [0, 0.05) is 16.5 Å². The molecule has 166 valence electrons. The van der Waals surface area contributed by atoms with E-state index in [1.165, 1.54) is 4.90 Å². The molecule has 0 saturated heterocycles. The average Bonchev–Trinajstić information content (AvgIpc) is 3.54. The summed E-state index contributed by atoms with van der Waals surface area (Å²) in [7, 11) is 0. The lowest BCUT2D eigenvalue weighted by molar-refractivity contribution is -0.128. The molecule has 0 fully saturated rings. The Morgan fingerprint density at radius 1 is 1.12 bits per heavy atom. The highest BCUT2D eigenvalue weighted by atomic mass is 32.1. The van der Waals surface area contributed by atoms with Crippen molar-refractivity contribution < 1.29 is 18.7 Å². The molecule has 0 spiro atoms. The zero-order valence-corrected chi connectivity index (χ0v) is 18.7. The van der Waals surface area contributed by atoms with E-state index in [-0.39, 0.29) is 24.9 Å². The fraction of sp³-hybridized carbons (Fsp3) is 0.160. The van der Waals surface area contributed by atoms with Crippen LogP contribution in [0.15, 0.2) is 76.7 Å². The predicted octanol–water partition coefficient (Wildman–Crippen LogP) is 4.50. The Hall–Kier alpha value is -3.91. The minimum absolute atomic E-state index is 0.115. The molecule has 7 nitrogen and oxygen atoms in total. The third kappa shape index (κ3) is 4.38. The number of amides is 2. The number of nitrogens with zero attached hydrogens (tertiary/aromatic N) is 2. The van der Waals surface area contributed by atoms with Gasteiger partial charge in [-0.05, 0) is 37.3 Å². The highest BCUT2D eigenvalue weighted by Crippen LogP contribution is 2.38. The van der Waals surface area contributed by atoms with Crippen LogP contribution in [-0.4, -0.2) is 29.4 Å². The summed E-state index contributed by atoms with van der Waals surface area (Å²) in [5.41, 5.74) is 3.25. The fourth-order valence-corrected chi connectivity index (χ4v) is 4.48. The van der Waals surface area contributed by atoms with Crippen molar-refractivity contribution in [2.75, 3.05) is 11.4 Å². The second kappa shape index (κ2) is 8.91. The van der Waals surface area contributed by atoms with Gasteiger partial charge in [0.15, 0.2) is 6.10 Å². The normalized spacial score (nSPS) is 15.1. The number of benzene rings is 2. The number of fused-ring (bicyclic) bond motifs is 1. The summed E-state index contributed by atoms with van der Waals surface area (Å²) in [4.78, 5) is 31.7. The van der Waals surface area contributed by atoms with E-state index in [0.717, 1.165) is 21.8 Å². The van der Waals surface area contributed by atoms with Gasteiger partial charge in [0.05, 0.1) is 24.2 Å². The van der Waals surface area contributed by atoms with Gasteiger partial charge in [0.2, 0.25) is 5.91 Å². The Morgan fingerprint density at radius 3 is 2.76 bits per heavy atom. The SMILES string of the molecule is CC1Oc2ccc(-c3csc(-c4ccccc4)n3)cc2N(CC(=O)NCc2ccco2)C1=O. The lowest BCUT2D eigenvalue weighted by Crippen LogP contribution is -2.48. The number of anilines is 1. The van der Waals surface area contributed by atoms with Crippen LogP contribution in [0.25, 0.3) is 21.8 Å². The molecule has 5 rings (SSSR count). The first kappa shape index (κ1) is 21.0. The van der Waals surface area contributed by atoms with Gasteiger partial charge in [-0.2, -0.15) is 0 Å². The van der Waals surface area contributed by atoms with E-state index in [1.807, 2.05) is 53.9 Å². The van der Waals surface area contributed by atoms with Gasteiger partial charge in [0.25, 0.3) is 5.91 Å². The molecule has 4 aromatic rings. The number of hydrogen-bond acceptors (Lipinski definition) is 6. The van der Waals surface area contributed by atoms with Gasteiger partial charge in [-0.25, -0.2) is 4.98 Å². The maximum Gasteiger partial charge on any atom is 0.268 e. The van der Waals surface area contributed by atoms with Crippen molar-refractivity contribution in [3.63, 3.8) is 0 Å². The van der Waals surface area contributed by atoms with Crippen molar-refractivity contribution in [2.24, 2.45) is 0 Å². The zero-order valence-electron chi connectivity index (χ0n) is 17.9. The van der Waals surface area contributed by atoms with E-state index >= 15 is 0 Å². The molecule has 1 aliphatic rings. The van der Waals surface area contributed by atoms with Gasteiger partial charge in [-0.3, -0.25) is 14.5 Å². The van der Waals surface area contributed by atoms with Gasteiger partial charge >= 0.3 is 0 Å². The molecule has 8 heteroatoms. The molecule has 2 aromatic heterocycles. The van der Waals surface area contributed by atoms with E-state index in [9.17, 15) is 9.59 Å². The average molecular weight is 460 g/mol. The van der Waals surface area contributed by atoms with Crippen molar-refractivity contribution in [1.82, 2.24) is 10.3 Å². The summed E-state index contributed by atoms with van der Waals surface area (Å²) < 4.78 is 11.0. The highest BCUT2D eigenvalue weighted by Gasteiger charge is 2.33. The third-order valence-electron chi connectivity index (χ3n) is 5.33. The van der Waals surface area contributed by atoms with Crippen molar-refractivity contribution in [3.8, 4) is 27.6 Å². The van der Waals surface area contributed by atoms with Gasteiger partial charge in [0.1, 0.15) is 23.1 Å². The first-order chi connectivity index (χ1) is 16.1. The van der Waals surface area contributed by atoms with Crippen LogP contribution < -0.4 is 15.0 Å². The topological polar surface area (TPSA) is 84.7 Å². The Bertz CT molecular complexity index is 1280. The molecule has 3 heterocycles. The monoisotopic (exact) mass is 459 g/mol. The molecule has 2 aromatic carbocycles. The maximum atomic E-state index is 12.9. The molecule has 0 radical (unpaired) electrons. The number of carbonyl (C=O) groups is 2. The van der Waals surface area contributed by atoms with Crippen LogP contribution in [-0.2, 0) is 16.1 Å². The third-order valence-corrected chi connectivity index (χ3v) is 6.22. The Balaban J connectivity index is 1.40. The Labute approximate surface area is 194 Å². The van der Waals surface area contributed by atoms with Gasteiger partial charge < -0.3 is 14.5 Å². The van der Waals surface area contributed by atoms with E-state index in [4.69, 9.17) is 14.1 Å². The fourth-order valence-electron chi connectivity index (χ4n) is 3.65. The number of rotatable bonds is 6. The zero-order chi connectivity index (χ0) is 22.8. The molecule has 1 unspecified atom stereocenters. The van der Waals surface area contributed by atoms with E-state index in [2.05, 4.69) is 5.32 Å². The van der Waals surface area contributed by atoms with Crippen LogP contribution in [0.3, 0.4) is 0 Å². The number of furan rings is 1. The van der Waals surface area contributed by atoms with Crippen LogP contribution in [0.5, 0.6) is 5.75 Å². The van der Waals surface area contributed by atoms with Crippen LogP contribution in [0.1, 0.15) is 12.7 Å². The second-order valence-corrected chi connectivity index (χ2v) is 8.49. The van der Waals surface area contributed by atoms with Crippen LogP contribution in [0, 0.1) is 0 Å². The minimum atomic E-state index is -0.676. The number of aromatic nitrogens is 1. The number of thiazole rings is 1. The van der Waals surface area contributed by atoms with Crippen LogP contribution in [0.4, 0.5) is 5.69 Å². The number of nitrogens with one attached hydrogen (secondary N) is 1. The summed E-state index contributed by atoms with van der Waals surface area (Å²) >= 11 is 1.56. The molecule has 33 heavy (non-hydrogen) atoms. The summed E-state index contributed by atoms with van der Waals surface area (Å²) in [6.07, 6.45) is 0.874. The minimum Gasteiger partial charge on any atom is -0.479 e. The maximum absolute atomic E-state index is 12.9. The summed E-state index contributed by atoms with van der Waals surface area (Å²) in [6, 6.07) is 19.1. The first-order valence-electron chi connectivity index (χ1n) is 10.5. The van der Waals surface area contributed by atoms with Crippen LogP contribution >= 0.6 is 11.3 Å². The summed E-state index contributed by atoms with van der Waals surface area (Å²) in [5, 5.41) is 5.69. The van der Waals surface area contributed by atoms with Crippen molar-refractivity contribution in [2.45, 2.75) is 19.6 Å². The van der Waals surface area contributed by atoms with Gasteiger partial charge in [-0.15, -0.1) is 11.3 Å². The second-order valence-electron chi connectivity index (χ2n) is 7.63. The standard InChI is InChI=1S/C25H21N3O4S/c1-16-25(30)28(14-23(29)26-13-19-8-5-11-31-19)21-12-18(9-10-22(21)32-16)20-15-33-24(27-20)17-6-3-2-4-7-17/h2-12,15-16H,13-14H2,1H3,(H,26,29). The van der Waals surface area contributed by atoms with E-state index in [0.29, 0.717) is 17.2 Å². The van der Waals surface area contributed by atoms with E-state index < -0.39 is 6.10 Å². The number of carbonyl (C=O) groups excluding carboxylic acids is 2. The lowest BCUT2D eigenvalue weighted by atomic mass is 10.1. The predicted molar refractivity (Wildman–Crippen MR) is 126 cm³/mol. The first-order valence-corrected chi connectivity index (χ1v) is 11.4. The molecular formula is C25H21N3O4S. The molecule has 1 atom stereocenters. The summed E-state index contributed by atoms with van der Waals surface area (Å²) in [6.45, 7) is 1.82. The van der Waals surface area contributed by atoms with Crippen LogP contribution in [0.2, 0.25) is 0 Å². The Morgan fingerprint density at radius 2 is 1.97 bits per heavy atom. The summed E-state index contributed by atoms with van der Waals surface area (Å²) in [5.74, 6) is 0.648. The van der Waals surface area contributed by atoms with Gasteiger partial charge in [-0.1, -0.05) is 30.3 Å². The highest BCUT2D eigenvalue weighted by molar-refractivity contribution is 7.13. The molecule has 0 bridgehead atoms. The smallest absolute Gasteiger partial charge is 0.268 e. The molecule has 0 saturated carbocycles. The molecule has 0 aliphatic carbocycles. The quantitative estimate of drug-likeness (QED) is 0.459.